The maximum absolute atomic E-state index is 10.8. The zero-order chi connectivity index (χ0) is 14.0. The van der Waals surface area contributed by atoms with E-state index in [0.717, 1.165) is 24.4 Å². The Morgan fingerprint density at radius 3 is 2.05 bits per heavy atom. The van der Waals surface area contributed by atoms with Crippen molar-refractivity contribution in [3.8, 4) is 0 Å². The lowest BCUT2D eigenvalue weighted by molar-refractivity contribution is -0.0707. The predicted molar refractivity (Wildman–Crippen MR) is 81.5 cm³/mol. The predicted octanol–water partition coefficient (Wildman–Crippen LogP) is 3.58. The molecule has 2 nitrogen and oxygen atoms in total. The largest absolute Gasteiger partial charge is 0.392 e. The van der Waals surface area contributed by atoms with Crippen LogP contribution in [0.15, 0.2) is 0 Å². The number of hydrogen-bond donors (Lipinski definition) is 1. The first kappa shape index (κ1) is 13.6. The van der Waals surface area contributed by atoms with Gasteiger partial charge in [-0.05, 0) is 56.3 Å². The van der Waals surface area contributed by atoms with Gasteiger partial charge in [-0.25, -0.2) is 0 Å². The van der Waals surface area contributed by atoms with Gasteiger partial charge < -0.3 is 5.11 Å². The molecule has 4 bridgehead atoms. The average molecular weight is 277 g/mol. The minimum Gasteiger partial charge on any atom is -0.392 e. The van der Waals surface area contributed by atoms with Crippen molar-refractivity contribution in [3.63, 3.8) is 0 Å². The molecule has 0 aromatic carbocycles. The summed E-state index contributed by atoms with van der Waals surface area (Å²) in [6, 6.07) is 1.67. The molecular formula is C18H31NO. The lowest BCUT2D eigenvalue weighted by atomic mass is 9.67. The van der Waals surface area contributed by atoms with Crippen molar-refractivity contribution >= 4 is 0 Å². The number of nitrogens with zero attached hydrogens (tertiary/aromatic N) is 1. The fourth-order valence-corrected chi connectivity index (χ4v) is 6.43. The molecule has 3 atom stereocenters. The summed E-state index contributed by atoms with van der Waals surface area (Å²) < 4.78 is 0. The average Bonchev–Trinajstić information content (AvgIpc) is 2.72. The van der Waals surface area contributed by atoms with Crippen LogP contribution < -0.4 is 0 Å². The van der Waals surface area contributed by atoms with Crippen LogP contribution in [0.4, 0.5) is 0 Å². The minimum absolute atomic E-state index is 0.0427. The number of fused-ring (bicyclic) bond motifs is 4. The molecule has 2 heteroatoms. The van der Waals surface area contributed by atoms with E-state index in [1.54, 1.807) is 0 Å². The first-order valence-electron chi connectivity index (χ1n) is 8.98. The van der Waals surface area contributed by atoms with Gasteiger partial charge in [0.25, 0.3) is 0 Å². The van der Waals surface area contributed by atoms with Crippen molar-refractivity contribution in [1.82, 2.24) is 4.90 Å². The Bertz CT molecular complexity index is 371. The second-order valence-corrected chi connectivity index (χ2v) is 8.71. The Labute approximate surface area is 123 Å². The molecule has 0 unspecified atom stereocenters. The highest BCUT2D eigenvalue weighted by Crippen LogP contribution is 2.66. The Morgan fingerprint density at radius 2 is 1.60 bits per heavy atom. The van der Waals surface area contributed by atoms with E-state index in [1.165, 1.54) is 57.9 Å². The Hall–Kier alpha value is -0.0800. The van der Waals surface area contributed by atoms with E-state index in [0.29, 0.717) is 5.41 Å². The molecule has 2 saturated heterocycles. The van der Waals surface area contributed by atoms with E-state index in [9.17, 15) is 5.11 Å². The molecule has 20 heavy (non-hydrogen) atoms. The molecule has 0 amide bonds. The summed E-state index contributed by atoms with van der Waals surface area (Å²) in [7, 11) is 0. The van der Waals surface area contributed by atoms with Crippen molar-refractivity contribution in [2.24, 2.45) is 16.7 Å². The van der Waals surface area contributed by atoms with Crippen LogP contribution in [0.2, 0.25) is 0 Å². The molecule has 2 saturated carbocycles. The summed E-state index contributed by atoms with van der Waals surface area (Å²) >= 11 is 0. The van der Waals surface area contributed by atoms with Crippen LogP contribution in [0, 0.1) is 16.7 Å². The second kappa shape index (κ2) is 4.46. The van der Waals surface area contributed by atoms with Crippen molar-refractivity contribution in [2.75, 3.05) is 6.54 Å². The number of piperidine rings is 2. The Kier molecular flexibility index (Phi) is 3.03. The summed E-state index contributed by atoms with van der Waals surface area (Å²) in [6.07, 6.45) is 12.2. The quantitative estimate of drug-likeness (QED) is 0.834. The molecule has 2 heterocycles. The second-order valence-electron chi connectivity index (χ2n) is 8.71. The molecule has 2 aliphatic carbocycles. The first-order valence-corrected chi connectivity index (χ1v) is 8.98. The highest BCUT2D eigenvalue weighted by molar-refractivity contribution is 5.14. The van der Waals surface area contributed by atoms with E-state index < -0.39 is 0 Å². The smallest absolute Gasteiger partial charge is 0.0616 e. The number of aliphatic hydroxyl groups is 1. The van der Waals surface area contributed by atoms with E-state index >= 15 is 0 Å². The van der Waals surface area contributed by atoms with E-state index in [4.69, 9.17) is 0 Å². The molecule has 0 radical (unpaired) electrons. The fourth-order valence-electron chi connectivity index (χ4n) is 6.43. The van der Waals surface area contributed by atoms with Crippen molar-refractivity contribution in [1.29, 1.82) is 0 Å². The monoisotopic (exact) mass is 277 g/mol. The van der Waals surface area contributed by atoms with Gasteiger partial charge in [-0.15, -0.1) is 0 Å². The summed E-state index contributed by atoms with van der Waals surface area (Å²) in [4.78, 5) is 2.85. The summed E-state index contributed by atoms with van der Waals surface area (Å²) in [5.74, 6) is 0.766. The number of aliphatic hydroxyl groups excluding tert-OH is 1. The van der Waals surface area contributed by atoms with E-state index in [-0.39, 0.29) is 11.5 Å². The fraction of sp³-hybridized carbons (Fsp3) is 1.00. The van der Waals surface area contributed by atoms with Crippen LogP contribution in [0.5, 0.6) is 0 Å². The molecule has 0 aromatic rings. The van der Waals surface area contributed by atoms with E-state index in [2.05, 4.69) is 18.7 Å². The summed E-state index contributed by atoms with van der Waals surface area (Å²) in [5, 5.41) is 10.8. The van der Waals surface area contributed by atoms with Crippen LogP contribution in [-0.4, -0.2) is 34.7 Å². The van der Waals surface area contributed by atoms with Crippen molar-refractivity contribution in [2.45, 2.75) is 89.8 Å². The van der Waals surface area contributed by atoms with Gasteiger partial charge in [-0.1, -0.05) is 26.7 Å². The van der Waals surface area contributed by atoms with Crippen molar-refractivity contribution < 1.29 is 5.11 Å². The summed E-state index contributed by atoms with van der Waals surface area (Å²) in [5.41, 5.74) is 0.543. The van der Waals surface area contributed by atoms with Crippen LogP contribution >= 0.6 is 0 Å². The highest BCUT2D eigenvalue weighted by Gasteiger charge is 2.64. The van der Waals surface area contributed by atoms with Gasteiger partial charge in [0.05, 0.1) is 6.10 Å². The van der Waals surface area contributed by atoms with Crippen molar-refractivity contribution in [3.05, 3.63) is 0 Å². The third-order valence-corrected chi connectivity index (χ3v) is 7.94. The molecule has 2 aliphatic heterocycles. The molecule has 4 rings (SSSR count). The number of hydrogen-bond acceptors (Lipinski definition) is 2. The normalized spacial score (nSPS) is 50.5. The van der Waals surface area contributed by atoms with Gasteiger partial charge in [0.15, 0.2) is 0 Å². The maximum atomic E-state index is 10.8. The van der Waals surface area contributed by atoms with Gasteiger partial charge in [-0.2, -0.15) is 0 Å². The van der Waals surface area contributed by atoms with Gasteiger partial charge in [0.2, 0.25) is 0 Å². The van der Waals surface area contributed by atoms with Crippen LogP contribution in [0.25, 0.3) is 0 Å². The third-order valence-electron chi connectivity index (χ3n) is 7.94. The molecular weight excluding hydrogens is 246 g/mol. The molecule has 1 N–H and O–H groups in total. The van der Waals surface area contributed by atoms with Gasteiger partial charge in [0, 0.05) is 24.0 Å². The first-order chi connectivity index (χ1) is 9.54. The molecule has 0 spiro atoms. The van der Waals surface area contributed by atoms with Gasteiger partial charge >= 0.3 is 0 Å². The van der Waals surface area contributed by atoms with Gasteiger partial charge in [-0.3, -0.25) is 4.90 Å². The number of rotatable bonds is 2. The van der Waals surface area contributed by atoms with Crippen LogP contribution in [0.3, 0.4) is 0 Å². The lowest BCUT2D eigenvalue weighted by Crippen LogP contribution is -2.57. The SMILES string of the molecule is CC1(C)[C@@H]2CC[C@@]1(CN1C3CCCC1CCC3)[C@H](O)C2. The lowest BCUT2D eigenvalue weighted by Gasteiger charge is -2.52. The molecule has 0 aromatic heterocycles. The standard InChI is InChI=1S/C18H31NO/c1-17(2)13-9-10-18(17,16(20)11-13)12-19-14-5-3-6-15(19)8-4-7-14/h13-16,20H,3-12H2,1-2H3/t13-,14?,15?,16-,18-/m1/s1. The molecule has 4 aliphatic rings. The zero-order valence-electron chi connectivity index (χ0n) is 13.3. The van der Waals surface area contributed by atoms with Gasteiger partial charge in [0.1, 0.15) is 0 Å². The Morgan fingerprint density at radius 1 is 1.00 bits per heavy atom. The highest BCUT2D eigenvalue weighted by atomic mass is 16.3. The topological polar surface area (TPSA) is 23.5 Å². The van der Waals surface area contributed by atoms with Crippen LogP contribution in [0.1, 0.15) is 71.6 Å². The molecule has 114 valence electrons. The third kappa shape index (κ3) is 1.64. The minimum atomic E-state index is -0.0427. The summed E-state index contributed by atoms with van der Waals surface area (Å²) in [6.45, 7) is 6.08. The zero-order valence-corrected chi connectivity index (χ0v) is 13.3. The van der Waals surface area contributed by atoms with E-state index in [1.807, 2.05) is 0 Å². The Balaban J connectivity index is 1.61. The molecule has 4 fully saturated rings. The maximum Gasteiger partial charge on any atom is 0.0616 e. The van der Waals surface area contributed by atoms with Crippen LogP contribution in [-0.2, 0) is 0 Å².